The lowest BCUT2D eigenvalue weighted by molar-refractivity contribution is 0.102. The second kappa shape index (κ2) is 7.45. The summed E-state index contributed by atoms with van der Waals surface area (Å²) >= 11 is 4.45. The van der Waals surface area contributed by atoms with Crippen LogP contribution in [0.3, 0.4) is 0 Å². The molecule has 9 heteroatoms. The van der Waals surface area contributed by atoms with Crippen molar-refractivity contribution in [2.45, 2.75) is 6.54 Å². The standard InChI is InChI=1S/C15H11BrFN5OS/c16-11-3-1-9(12(17)5-11)6-18-13-4-2-10(7-19-13)14(23)21-15-22-20-8-24-15/h1-5,7-8H,6H2,(H,18,19)(H,21,22,23). The number of pyridine rings is 1. The fourth-order valence-corrected chi connectivity index (χ4v) is 2.65. The maximum absolute atomic E-state index is 13.8. The number of halogens is 2. The van der Waals surface area contributed by atoms with E-state index in [1.165, 1.54) is 29.1 Å². The summed E-state index contributed by atoms with van der Waals surface area (Å²) in [6.45, 7) is 0.294. The molecule has 2 heterocycles. The summed E-state index contributed by atoms with van der Waals surface area (Å²) in [4.78, 5) is 16.1. The maximum Gasteiger partial charge on any atom is 0.259 e. The average Bonchev–Trinajstić information content (AvgIpc) is 3.07. The first kappa shape index (κ1) is 16.5. The Bertz CT molecular complexity index is 842. The topological polar surface area (TPSA) is 79.8 Å². The van der Waals surface area contributed by atoms with Crippen LogP contribution >= 0.6 is 27.3 Å². The Morgan fingerprint density at radius 3 is 2.83 bits per heavy atom. The van der Waals surface area contributed by atoms with E-state index in [9.17, 15) is 9.18 Å². The normalized spacial score (nSPS) is 10.4. The van der Waals surface area contributed by atoms with Gasteiger partial charge in [0.1, 0.15) is 17.1 Å². The summed E-state index contributed by atoms with van der Waals surface area (Å²) in [5, 5.41) is 13.4. The number of hydrogen-bond acceptors (Lipinski definition) is 6. The molecule has 0 aliphatic heterocycles. The minimum absolute atomic E-state index is 0.294. The molecule has 24 heavy (non-hydrogen) atoms. The number of rotatable bonds is 5. The number of nitrogens with zero attached hydrogens (tertiary/aromatic N) is 3. The number of amides is 1. The van der Waals surface area contributed by atoms with Crippen molar-refractivity contribution in [3.8, 4) is 0 Å². The molecule has 3 aromatic rings. The summed E-state index contributed by atoms with van der Waals surface area (Å²) in [6.07, 6.45) is 1.44. The summed E-state index contributed by atoms with van der Waals surface area (Å²) in [7, 11) is 0. The first-order valence-corrected chi connectivity index (χ1v) is 8.50. The van der Waals surface area contributed by atoms with Gasteiger partial charge in [-0.2, -0.15) is 0 Å². The van der Waals surface area contributed by atoms with Gasteiger partial charge in [-0.15, -0.1) is 10.2 Å². The zero-order valence-corrected chi connectivity index (χ0v) is 14.6. The molecular weight excluding hydrogens is 397 g/mol. The molecule has 0 unspecified atom stereocenters. The smallest absolute Gasteiger partial charge is 0.259 e. The van der Waals surface area contributed by atoms with Crippen molar-refractivity contribution in [3.05, 3.63) is 63.5 Å². The van der Waals surface area contributed by atoms with Gasteiger partial charge in [-0.3, -0.25) is 10.1 Å². The second-order valence-corrected chi connectivity index (χ2v) is 6.47. The fraction of sp³-hybridized carbons (Fsp3) is 0.0667. The Morgan fingerprint density at radius 2 is 2.17 bits per heavy atom. The molecule has 6 nitrogen and oxygen atoms in total. The molecule has 0 saturated heterocycles. The molecule has 0 spiro atoms. The van der Waals surface area contributed by atoms with E-state index in [0.29, 0.717) is 33.1 Å². The van der Waals surface area contributed by atoms with E-state index in [4.69, 9.17) is 0 Å². The van der Waals surface area contributed by atoms with Gasteiger partial charge in [0, 0.05) is 22.8 Å². The van der Waals surface area contributed by atoms with Crippen LogP contribution in [0, 0.1) is 5.82 Å². The van der Waals surface area contributed by atoms with Crippen molar-refractivity contribution in [3.63, 3.8) is 0 Å². The second-order valence-electron chi connectivity index (χ2n) is 4.72. The third-order valence-corrected chi connectivity index (χ3v) is 4.18. The van der Waals surface area contributed by atoms with Gasteiger partial charge in [0.05, 0.1) is 5.56 Å². The number of carbonyl (C=O) groups is 1. The molecule has 1 amide bonds. The van der Waals surface area contributed by atoms with E-state index < -0.39 is 0 Å². The summed E-state index contributed by atoms with van der Waals surface area (Å²) in [6, 6.07) is 8.16. The predicted octanol–water partition coefficient (Wildman–Crippen LogP) is 3.70. The zero-order valence-electron chi connectivity index (χ0n) is 12.2. The van der Waals surface area contributed by atoms with E-state index in [2.05, 4.69) is 41.7 Å². The number of nitrogens with one attached hydrogen (secondary N) is 2. The van der Waals surface area contributed by atoms with Crippen LogP contribution in [0.5, 0.6) is 0 Å². The van der Waals surface area contributed by atoms with Crippen LogP contribution in [0.4, 0.5) is 15.3 Å². The van der Waals surface area contributed by atoms with Crippen LogP contribution in [0.25, 0.3) is 0 Å². The highest BCUT2D eigenvalue weighted by molar-refractivity contribution is 9.10. The third-order valence-electron chi connectivity index (χ3n) is 3.08. The highest BCUT2D eigenvalue weighted by Crippen LogP contribution is 2.17. The van der Waals surface area contributed by atoms with E-state index in [-0.39, 0.29) is 11.7 Å². The molecule has 2 N–H and O–H groups in total. The Kier molecular flexibility index (Phi) is 5.11. The molecule has 0 atom stereocenters. The summed E-state index contributed by atoms with van der Waals surface area (Å²) < 4.78 is 14.4. The number of benzene rings is 1. The third kappa shape index (κ3) is 4.12. The molecule has 0 aliphatic rings. The van der Waals surface area contributed by atoms with Gasteiger partial charge in [-0.25, -0.2) is 9.37 Å². The monoisotopic (exact) mass is 407 g/mol. The maximum atomic E-state index is 13.8. The SMILES string of the molecule is O=C(Nc1nncs1)c1ccc(NCc2ccc(Br)cc2F)nc1. The van der Waals surface area contributed by atoms with Crippen LogP contribution in [-0.4, -0.2) is 21.1 Å². The van der Waals surface area contributed by atoms with E-state index in [1.54, 1.807) is 24.3 Å². The Hall–Kier alpha value is -2.39. The number of hydrogen-bond donors (Lipinski definition) is 2. The molecule has 0 aliphatic carbocycles. The van der Waals surface area contributed by atoms with Crippen LogP contribution in [0.2, 0.25) is 0 Å². The zero-order chi connectivity index (χ0) is 16.9. The van der Waals surface area contributed by atoms with Crippen molar-refractivity contribution in [1.82, 2.24) is 15.2 Å². The molecule has 0 fully saturated rings. The molecule has 3 rings (SSSR count). The largest absolute Gasteiger partial charge is 0.366 e. The first-order chi connectivity index (χ1) is 11.6. The molecule has 1 aromatic carbocycles. The van der Waals surface area contributed by atoms with Crippen molar-refractivity contribution in [1.29, 1.82) is 0 Å². The Morgan fingerprint density at radius 1 is 1.29 bits per heavy atom. The van der Waals surface area contributed by atoms with Gasteiger partial charge >= 0.3 is 0 Å². The predicted molar refractivity (Wildman–Crippen MR) is 93.5 cm³/mol. The lowest BCUT2D eigenvalue weighted by Crippen LogP contribution is -2.12. The molecular formula is C15H11BrFN5OS. The minimum atomic E-state index is -0.315. The quantitative estimate of drug-likeness (QED) is 0.673. The van der Waals surface area contributed by atoms with E-state index in [1.807, 2.05) is 0 Å². The number of carbonyl (C=O) groups excluding carboxylic acids is 1. The van der Waals surface area contributed by atoms with E-state index in [0.717, 1.165) is 0 Å². The van der Waals surface area contributed by atoms with Gasteiger partial charge in [0.25, 0.3) is 5.91 Å². The van der Waals surface area contributed by atoms with Crippen molar-refractivity contribution < 1.29 is 9.18 Å². The lowest BCUT2D eigenvalue weighted by atomic mass is 10.2. The van der Waals surface area contributed by atoms with Crippen LogP contribution in [0.15, 0.2) is 46.5 Å². The lowest BCUT2D eigenvalue weighted by Gasteiger charge is -2.08. The number of aromatic nitrogens is 3. The average molecular weight is 408 g/mol. The minimum Gasteiger partial charge on any atom is -0.366 e. The van der Waals surface area contributed by atoms with Gasteiger partial charge in [0.2, 0.25) is 5.13 Å². The Labute approximate surface area is 149 Å². The molecule has 0 bridgehead atoms. The van der Waals surface area contributed by atoms with Crippen molar-refractivity contribution in [2.75, 3.05) is 10.6 Å². The van der Waals surface area contributed by atoms with Gasteiger partial charge in [-0.05, 0) is 24.3 Å². The molecule has 2 aromatic heterocycles. The van der Waals surface area contributed by atoms with Gasteiger partial charge < -0.3 is 5.32 Å². The highest BCUT2D eigenvalue weighted by Gasteiger charge is 2.09. The highest BCUT2D eigenvalue weighted by atomic mass is 79.9. The molecule has 0 radical (unpaired) electrons. The molecule has 122 valence electrons. The first-order valence-electron chi connectivity index (χ1n) is 6.83. The fourth-order valence-electron chi connectivity index (χ4n) is 1.88. The molecule has 0 saturated carbocycles. The van der Waals surface area contributed by atoms with Crippen LogP contribution in [-0.2, 0) is 6.54 Å². The van der Waals surface area contributed by atoms with Crippen molar-refractivity contribution in [2.24, 2.45) is 0 Å². The van der Waals surface area contributed by atoms with E-state index >= 15 is 0 Å². The van der Waals surface area contributed by atoms with Crippen LogP contribution < -0.4 is 10.6 Å². The summed E-state index contributed by atoms with van der Waals surface area (Å²) in [5.41, 5.74) is 2.45. The van der Waals surface area contributed by atoms with Gasteiger partial charge in [-0.1, -0.05) is 33.3 Å². The summed E-state index contributed by atoms with van der Waals surface area (Å²) in [5.74, 6) is -0.0699. The Balaban J connectivity index is 1.61. The van der Waals surface area contributed by atoms with Gasteiger partial charge in [0.15, 0.2) is 0 Å². The number of anilines is 2. The van der Waals surface area contributed by atoms with Crippen molar-refractivity contribution >= 4 is 44.1 Å². The van der Waals surface area contributed by atoms with Crippen LogP contribution in [0.1, 0.15) is 15.9 Å².